The van der Waals surface area contributed by atoms with E-state index in [9.17, 15) is 0 Å². The van der Waals surface area contributed by atoms with Gasteiger partial charge in [0, 0.05) is 38.2 Å². The second kappa shape index (κ2) is 7.18. The van der Waals surface area contributed by atoms with Gasteiger partial charge in [-0.25, -0.2) is 0 Å². The highest BCUT2D eigenvalue weighted by Crippen LogP contribution is 2.54. The summed E-state index contributed by atoms with van der Waals surface area (Å²) < 4.78 is 9.46. The van der Waals surface area contributed by atoms with Gasteiger partial charge in [-0.15, -0.1) is 0 Å². The molecule has 0 bridgehead atoms. The van der Waals surface area contributed by atoms with E-state index in [1.54, 1.807) is 0 Å². The van der Waals surface area contributed by atoms with E-state index in [1.165, 1.54) is 59.9 Å². The summed E-state index contributed by atoms with van der Waals surface area (Å²) in [5.74, 6) is 1.06. The summed E-state index contributed by atoms with van der Waals surface area (Å²) in [7, 11) is 0. The molecule has 2 aromatic heterocycles. The van der Waals surface area contributed by atoms with Crippen molar-refractivity contribution in [2.75, 3.05) is 0 Å². The van der Waals surface area contributed by atoms with Gasteiger partial charge in [0.05, 0.1) is 11.0 Å². The Bertz CT molecular complexity index is 2300. The first-order valence-electron chi connectivity index (χ1n) is 13.6. The summed E-state index contributed by atoms with van der Waals surface area (Å²) in [5.41, 5.74) is 8.14. The highest BCUT2D eigenvalue weighted by atomic mass is 16.3. The predicted molar refractivity (Wildman–Crippen MR) is 163 cm³/mol. The maximum Gasteiger partial charge on any atom is 0.159 e. The number of para-hydroxylation sites is 1. The molecule has 39 heavy (non-hydrogen) atoms. The van der Waals surface area contributed by atoms with Crippen molar-refractivity contribution in [3.05, 3.63) is 127 Å². The normalized spacial score (nSPS) is 14.1. The molecule has 2 heteroatoms. The molecule has 0 aliphatic heterocycles. The van der Waals surface area contributed by atoms with Crippen molar-refractivity contribution < 1.29 is 4.42 Å². The van der Waals surface area contributed by atoms with Crippen LogP contribution in [0.25, 0.3) is 71.1 Å². The monoisotopic (exact) mass is 499 g/mol. The first kappa shape index (κ1) is 21.2. The first-order chi connectivity index (χ1) is 19.1. The minimum atomic E-state index is -0.194. The van der Waals surface area contributed by atoms with Crippen molar-refractivity contribution in [2.45, 2.75) is 19.3 Å². The molecule has 0 atom stereocenters. The van der Waals surface area contributed by atoms with Crippen LogP contribution in [0.4, 0.5) is 0 Å². The molecule has 2 nitrogen and oxygen atoms in total. The Kier molecular flexibility index (Phi) is 3.89. The van der Waals surface area contributed by atoms with E-state index in [0.717, 1.165) is 22.5 Å². The average Bonchev–Trinajstić information content (AvgIpc) is 3.61. The van der Waals surface area contributed by atoms with E-state index >= 15 is 0 Å². The maximum absolute atomic E-state index is 7.02. The van der Waals surface area contributed by atoms with Crippen LogP contribution in [0.1, 0.15) is 25.2 Å². The van der Waals surface area contributed by atoms with Crippen LogP contribution in [0.3, 0.4) is 0 Å². The molecule has 0 N–H and O–H groups in total. The summed E-state index contributed by atoms with van der Waals surface area (Å²) in [6.07, 6.45) is 0. The molecule has 6 aromatic carbocycles. The molecule has 184 valence electrons. The van der Waals surface area contributed by atoms with Gasteiger partial charge in [-0.2, -0.15) is 0 Å². The Balaban J connectivity index is 1.58. The Hall–Kier alpha value is -4.82. The molecule has 0 radical (unpaired) electrons. The quantitative estimate of drug-likeness (QED) is 0.205. The van der Waals surface area contributed by atoms with Crippen LogP contribution in [0.15, 0.2) is 120 Å². The summed E-state index contributed by atoms with van der Waals surface area (Å²) in [4.78, 5) is 0. The molecule has 1 aliphatic carbocycles. The van der Waals surface area contributed by atoms with Crippen molar-refractivity contribution in [2.24, 2.45) is 0 Å². The van der Waals surface area contributed by atoms with E-state index in [2.05, 4.69) is 134 Å². The highest BCUT2D eigenvalue weighted by molar-refractivity contribution is 6.34. The molecule has 0 fully saturated rings. The fourth-order valence-electron chi connectivity index (χ4n) is 7.22. The van der Waals surface area contributed by atoms with Crippen molar-refractivity contribution >= 4 is 54.3 Å². The number of aromatic nitrogens is 1. The molecule has 1 aliphatic rings. The smallest absolute Gasteiger partial charge is 0.159 e. The molecule has 0 amide bonds. The van der Waals surface area contributed by atoms with Crippen LogP contribution in [0, 0.1) is 0 Å². The highest BCUT2D eigenvalue weighted by Gasteiger charge is 2.41. The van der Waals surface area contributed by atoms with Gasteiger partial charge in [0.2, 0.25) is 0 Å². The zero-order chi connectivity index (χ0) is 25.9. The van der Waals surface area contributed by atoms with Gasteiger partial charge < -0.3 is 8.98 Å². The lowest BCUT2D eigenvalue weighted by atomic mass is 9.86. The summed E-state index contributed by atoms with van der Waals surface area (Å²) in [5, 5.41) is 8.77. The number of benzene rings is 6. The average molecular weight is 500 g/mol. The minimum Gasteiger partial charge on any atom is -0.457 e. The number of fused-ring (bicyclic) bond motifs is 14. The first-order valence-corrected chi connectivity index (χ1v) is 13.6. The van der Waals surface area contributed by atoms with Gasteiger partial charge in [0.1, 0.15) is 5.76 Å². The standard InChI is InChI=1S/C37H25NO/c1-37(2)30-19-11-10-18-27(30)32-29-21-20-28-31-25-16-8-6-14-23(25)24-15-7-9-17-26(24)33(31)38(22-12-4-3-5-13-22)34(28)35(29)39-36(32)37/h3-21H,1-2H3. The fraction of sp³-hybridized carbons (Fsp3) is 0.0811. The van der Waals surface area contributed by atoms with Crippen LogP contribution >= 0.6 is 0 Å². The summed E-state index contributed by atoms with van der Waals surface area (Å²) >= 11 is 0. The van der Waals surface area contributed by atoms with Crippen LogP contribution < -0.4 is 0 Å². The van der Waals surface area contributed by atoms with Gasteiger partial charge in [-0.1, -0.05) is 97.1 Å². The number of hydrogen-bond donors (Lipinski definition) is 0. The molecule has 9 rings (SSSR count). The van der Waals surface area contributed by atoms with Crippen LogP contribution in [-0.2, 0) is 5.41 Å². The Morgan fingerprint density at radius 3 is 1.95 bits per heavy atom. The van der Waals surface area contributed by atoms with Crippen LogP contribution in [-0.4, -0.2) is 4.57 Å². The number of rotatable bonds is 1. The van der Waals surface area contributed by atoms with Crippen LogP contribution in [0.5, 0.6) is 0 Å². The number of hydrogen-bond acceptors (Lipinski definition) is 1. The van der Waals surface area contributed by atoms with E-state index in [1.807, 2.05) is 0 Å². The molecule has 0 saturated carbocycles. The van der Waals surface area contributed by atoms with Gasteiger partial charge in [0.25, 0.3) is 0 Å². The zero-order valence-corrected chi connectivity index (χ0v) is 21.8. The summed E-state index contributed by atoms with van der Waals surface area (Å²) in [6, 6.07) is 41.8. The molecule has 0 spiro atoms. The minimum absolute atomic E-state index is 0.194. The van der Waals surface area contributed by atoms with E-state index < -0.39 is 0 Å². The van der Waals surface area contributed by atoms with Gasteiger partial charge >= 0.3 is 0 Å². The zero-order valence-electron chi connectivity index (χ0n) is 21.8. The summed E-state index contributed by atoms with van der Waals surface area (Å²) in [6.45, 7) is 4.57. The van der Waals surface area contributed by atoms with Crippen molar-refractivity contribution in [3.8, 4) is 16.8 Å². The van der Waals surface area contributed by atoms with Crippen LogP contribution in [0.2, 0.25) is 0 Å². The lowest BCUT2D eigenvalue weighted by Crippen LogP contribution is -2.14. The second-order valence-electron chi connectivity index (χ2n) is 11.3. The lowest BCUT2D eigenvalue weighted by molar-refractivity contribution is 0.466. The third-order valence-corrected chi connectivity index (χ3v) is 8.91. The molecular weight excluding hydrogens is 474 g/mol. The second-order valence-corrected chi connectivity index (χ2v) is 11.3. The molecule has 0 saturated heterocycles. The Morgan fingerprint density at radius 1 is 0.538 bits per heavy atom. The molecule has 8 aromatic rings. The van der Waals surface area contributed by atoms with Gasteiger partial charge in [-0.3, -0.25) is 0 Å². The molecular formula is C37H25NO. The van der Waals surface area contributed by atoms with Crippen molar-refractivity contribution in [3.63, 3.8) is 0 Å². The lowest BCUT2D eigenvalue weighted by Gasteiger charge is -2.18. The fourth-order valence-corrected chi connectivity index (χ4v) is 7.22. The molecule has 0 unspecified atom stereocenters. The number of furan rings is 1. The third kappa shape index (κ3) is 2.52. The predicted octanol–water partition coefficient (Wildman–Crippen LogP) is 10.1. The number of nitrogens with zero attached hydrogens (tertiary/aromatic N) is 1. The third-order valence-electron chi connectivity index (χ3n) is 8.91. The van der Waals surface area contributed by atoms with E-state index in [-0.39, 0.29) is 5.41 Å². The van der Waals surface area contributed by atoms with Crippen molar-refractivity contribution in [1.29, 1.82) is 0 Å². The maximum atomic E-state index is 7.02. The topological polar surface area (TPSA) is 18.1 Å². The van der Waals surface area contributed by atoms with Gasteiger partial charge in [-0.05, 0) is 59.3 Å². The largest absolute Gasteiger partial charge is 0.457 e. The van der Waals surface area contributed by atoms with Gasteiger partial charge in [0.15, 0.2) is 5.58 Å². The Labute approximate surface area is 225 Å². The Morgan fingerprint density at radius 2 is 1.15 bits per heavy atom. The molecule has 2 heterocycles. The van der Waals surface area contributed by atoms with E-state index in [0.29, 0.717) is 0 Å². The SMILES string of the molecule is CC1(C)c2ccccc2-c2c1oc1c2ccc2c3c4ccccc4c4ccccc4c3n(-c3ccccc3)c21. The van der Waals surface area contributed by atoms with Crippen molar-refractivity contribution in [1.82, 2.24) is 4.57 Å². The van der Waals surface area contributed by atoms with E-state index in [4.69, 9.17) is 4.42 Å².